The number of carbonyl (C=O) groups is 3. The minimum Gasteiger partial charge on any atom is -0.872 e. The van der Waals surface area contributed by atoms with Crippen LogP contribution in [0.5, 0.6) is 5.75 Å². The first kappa shape index (κ1) is 56.7. The monoisotopic (exact) mass is 940 g/mol. The number of hydrogen-bond acceptors (Lipinski definition) is 16. The van der Waals surface area contributed by atoms with Crippen LogP contribution in [0.15, 0.2) is 110 Å². The molecule has 1 aromatic carbocycles. The van der Waals surface area contributed by atoms with E-state index < -0.39 is 22.2 Å². The molecule has 0 fully saturated rings. The second-order valence-corrected chi connectivity index (χ2v) is 13.1. The summed E-state index contributed by atoms with van der Waals surface area (Å²) in [6.07, 6.45) is 7.12. The molecule has 0 amide bonds. The van der Waals surface area contributed by atoms with Gasteiger partial charge in [0.25, 0.3) is 0 Å². The Kier molecular flexibility index (Phi) is 30.2. The van der Waals surface area contributed by atoms with Gasteiger partial charge in [0.05, 0.1) is 22.8 Å². The zero-order valence-corrected chi connectivity index (χ0v) is 35.8. The van der Waals surface area contributed by atoms with Crippen LogP contribution in [0.3, 0.4) is 0 Å². The molecule has 5 aromatic rings. The first-order valence-electron chi connectivity index (χ1n) is 16.8. The molecular formula is C39H42Cl2N6Ni2O10+2. The predicted molar refractivity (Wildman–Crippen MR) is 191 cm³/mol. The van der Waals surface area contributed by atoms with Crippen molar-refractivity contribution in [1.29, 1.82) is 0 Å². The van der Waals surface area contributed by atoms with Crippen molar-refractivity contribution in [3.8, 4) is 5.75 Å². The summed E-state index contributed by atoms with van der Waals surface area (Å²) >= 11 is 6.60. The number of halogens is 2. The number of benzene rings is 1. The van der Waals surface area contributed by atoms with Crippen LogP contribution in [0.25, 0.3) is 0 Å². The van der Waals surface area contributed by atoms with Gasteiger partial charge in [-0.2, -0.15) is 0 Å². The molecule has 320 valence electrons. The van der Waals surface area contributed by atoms with E-state index in [9.17, 15) is 9.90 Å². The standard InChI is InChI=1S/C32H31ClN6O.C3H6O.2C2H4O2.ClHO4.2Ni/c33-27-17-25(19-38(21-28-9-1-5-13-34-28)22-29-10-2-6-14-35-29)32(40)26(18-27)20-39(23-30-11-3-7-15-36-30)24-31-12-4-8-16-37-31;1-3(2)4;2*1-2(3)4;2-1(3,4)5;;/h1-18,40H,19-24H2;1-2H3;2*1H3,(H,3,4);(H,2,3,4,5);;/q;;;;;2*+3/p-4. The van der Waals surface area contributed by atoms with Gasteiger partial charge in [0.2, 0.25) is 0 Å². The van der Waals surface area contributed by atoms with E-state index in [4.69, 9.17) is 50.0 Å². The summed E-state index contributed by atoms with van der Waals surface area (Å²) < 4.78 is 34.0. The molecule has 0 saturated carbocycles. The van der Waals surface area contributed by atoms with Crippen LogP contribution in [0, 0.1) is 10.2 Å². The molecular weight excluding hydrogens is 901 g/mol. The molecule has 0 unspecified atom stereocenters. The number of nitrogens with zero attached hydrogens (tertiary/aromatic N) is 6. The predicted octanol–water partition coefficient (Wildman–Crippen LogP) is -1.25. The number of carboxylic acid groups (broad SMARTS) is 2. The zero-order chi connectivity index (χ0) is 42.8. The number of carboxylic acids is 2. The van der Waals surface area contributed by atoms with E-state index in [0.29, 0.717) is 55.4 Å². The van der Waals surface area contributed by atoms with Crippen molar-refractivity contribution in [3.05, 3.63) is 149 Å². The van der Waals surface area contributed by atoms with Crippen LogP contribution in [-0.4, -0.2) is 47.5 Å². The third kappa shape index (κ3) is 31.2. The largest absolute Gasteiger partial charge is 3.00 e. The van der Waals surface area contributed by atoms with E-state index in [2.05, 4.69) is 29.7 Å². The molecule has 0 atom stereocenters. The Bertz CT molecular complexity index is 1670. The van der Waals surface area contributed by atoms with Crippen LogP contribution in [-0.2, 0) is 86.6 Å². The van der Waals surface area contributed by atoms with E-state index in [1.54, 1.807) is 36.9 Å². The van der Waals surface area contributed by atoms with Gasteiger partial charge >= 0.3 is 33.0 Å². The van der Waals surface area contributed by atoms with Crippen molar-refractivity contribution < 1.29 is 91.6 Å². The number of ketones is 1. The average molecular weight is 943 g/mol. The van der Waals surface area contributed by atoms with Gasteiger partial charge in [0.1, 0.15) is 5.78 Å². The third-order valence-electron chi connectivity index (χ3n) is 6.44. The van der Waals surface area contributed by atoms with Gasteiger partial charge < -0.3 is 29.7 Å². The molecule has 59 heavy (non-hydrogen) atoms. The second-order valence-electron chi connectivity index (χ2n) is 11.9. The summed E-state index contributed by atoms with van der Waals surface area (Å²) in [4.78, 5) is 49.5. The topological polar surface area (TPSA) is 271 Å². The molecule has 2 radical (unpaired) electrons. The van der Waals surface area contributed by atoms with Crippen LogP contribution < -0.4 is 34.0 Å². The molecule has 5 rings (SSSR count). The molecule has 0 aliphatic rings. The number of carbonyl (C=O) groups excluding carboxylic acids is 3. The minimum atomic E-state index is -4.94. The Hall–Kier alpha value is -4.44. The van der Waals surface area contributed by atoms with Gasteiger partial charge in [-0.25, -0.2) is 18.6 Å². The van der Waals surface area contributed by atoms with Gasteiger partial charge in [0, 0.05) is 81.0 Å². The Morgan fingerprint density at radius 1 is 0.542 bits per heavy atom. The van der Waals surface area contributed by atoms with Crippen molar-refractivity contribution in [2.75, 3.05) is 0 Å². The number of pyridine rings is 4. The first-order valence-corrected chi connectivity index (χ1v) is 18.4. The SMILES string of the molecule is CC(=O)[O-].CC(=O)[O-].CC(C)=O.[Ni+3].[Ni+3].[O-][Cl+3]([O-])([O-])[O-].[O-]c1c(CN(Cc2ccccn2)Cc2ccccn2)cc(Cl)cc1CN(Cc1ccccn1)Cc1ccccn1. The zero-order valence-electron chi connectivity index (χ0n) is 32.3. The summed E-state index contributed by atoms with van der Waals surface area (Å²) in [5.74, 6) is -2.01. The van der Waals surface area contributed by atoms with Crippen molar-refractivity contribution in [3.63, 3.8) is 0 Å². The summed E-state index contributed by atoms with van der Waals surface area (Å²) in [5.41, 5.74) is 4.97. The molecule has 16 nitrogen and oxygen atoms in total. The van der Waals surface area contributed by atoms with Gasteiger partial charge in [-0.05, 0) is 99.5 Å². The number of aliphatic carboxylic acids is 2. The molecule has 0 spiro atoms. The number of hydrogen-bond donors (Lipinski definition) is 0. The average Bonchev–Trinajstić information content (AvgIpc) is 3.10. The maximum absolute atomic E-state index is 13.8. The van der Waals surface area contributed by atoms with E-state index in [-0.39, 0.29) is 44.5 Å². The first-order chi connectivity index (χ1) is 26.8. The van der Waals surface area contributed by atoms with E-state index in [1.807, 2.05) is 72.8 Å². The van der Waals surface area contributed by atoms with Crippen LogP contribution >= 0.6 is 11.6 Å². The van der Waals surface area contributed by atoms with E-state index in [1.165, 1.54) is 13.8 Å². The fourth-order valence-electron chi connectivity index (χ4n) is 4.65. The third-order valence-corrected chi connectivity index (χ3v) is 6.66. The fourth-order valence-corrected chi connectivity index (χ4v) is 4.91. The second kappa shape index (κ2) is 31.5. The van der Waals surface area contributed by atoms with Crippen molar-refractivity contribution in [1.82, 2.24) is 29.7 Å². The molecule has 0 bridgehead atoms. The van der Waals surface area contributed by atoms with E-state index in [0.717, 1.165) is 36.6 Å². The number of aromatic nitrogens is 4. The summed E-state index contributed by atoms with van der Waals surface area (Å²) in [6, 6.07) is 27.0. The Balaban J connectivity index is 0. The molecule has 0 aliphatic heterocycles. The van der Waals surface area contributed by atoms with Crippen LogP contribution in [0.2, 0.25) is 5.02 Å². The van der Waals surface area contributed by atoms with Gasteiger partial charge in [-0.3, -0.25) is 29.7 Å². The van der Waals surface area contributed by atoms with Gasteiger partial charge in [-0.1, -0.05) is 41.6 Å². The summed E-state index contributed by atoms with van der Waals surface area (Å²) in [5, 5.41) is 32.1. The maximum Gasteiger partial charge on any atom is 3.00 e. The number of rotatable bonds is 12. The molecule has 4 heterocycles. The Labute approximate surface area is 370 Å². The normalized spacial score (nSPS) is 9.95. The smallest absolute Gasteiger partial charge is 0.872 e. The quantitative estimate of drug-likeness (QED) is 0.132. The summed E-state index contributed by atoms with van der Waals surface area (Å²) in [6.45, 7) is 8.13. The van der Waals surface area contributed by atoms with E-state index >= 15 is 0 Å². The molecule has 0 aliphatic carbocycles. The van der Waals surface area contributed by atoms with Gasteiger partial charge in [0.15, 0.2) is 0 Å². The fraction of sp³-hybridized carbons (Fsp3) is 0.256. The minimum absolute atomic E-state index is 0. The van der Waals surface area contributed by atoms with Crippen molar-refractivity contribution in [2.24, 2.45) is 0 Å². The Morgan fingerprint density at radius 3 is 0.949 bits per heavy atom. The maximum atomic E-state index is 13.8. The summed E-state index contributed by atoms with van der Waals surface area (Å²) in [7, 11) is -4.94. The Morgan fingerprint density at radius 2 is 0.763 bits per heavy atom. The molecule has 0 saturated heterocycles. The molecule has 4 aromatic heterocycles. The van der Waals surface area contributed by atoms with Crippen LogP contribution in [0.4, 0.5) is 0 Å². The van der Waals surface area contributed by atoms with Crippen molar-refractivity contribution in [2.45, 2.75) is 67.0 Å². The van der Waals surface area contributed by atoms with Gasteiger partial charge in [-0.15, -0.1) is 10.2 Å². The van der Waals surface area contributed by atoms with Crippen molar-refractivity contribution >= 4 is 29.3 Å². The molecule has 0 N–H and O–H groups in total. The van der Waals surface area contributed by atoms with Crippen LogP contribution in [0.1, 0.15) is 61.6 Å². The molecule has 20 heteroatoms. The number of Topliss-reactive ketones (excluding diaryl/α,β-unsaturated/α-hetero) is 1.